The van der Waals surface area contributed by atoms with E-state index in [1.54, 1.807) is 0 Å². The van der Waals surface area contributed by atoms with Crippen molar-refractivity contribution in [2.75, 3.05) is 0 Å². The zero-order chi connectivity index (χ0) is 16.3. The molecule has 0 radical (unpaired) electrons. The molecule has 0 unspecified atom stereocenters. The number of benzene rings is 2. The maximum Gasteiger partial charge on any atom is 0.0486 e. The summed E-state index contributed by atoms with van der Waals surface area (Å²) < 4.78 is 2.36. The topological polar surface area (TPSA) is 17.0 Å². The van der Waals surface area contributed by atoms with Crippen molar-refractivity contribution in [3.05, 3.63) is 71.9 Å². The molecule has 2 nitrogen and oxygen atoms in total. The largest absolute Gasteiger partial charge is 0.343 e. The number of aromatic nitrogens is 1. The molecule has 1 N–H and O–H groups in total. The Balaban J connectivity index is 1.90. The molecular formula is C21H26N2. The van der Waals surface area contributed by atoms with Crippen molar-refractivity contribution < 1.29 is 0 Å². The van der Waals surface area contributed by atoms with E-state index in [2.05, 4.69) is 91.4 Å². The van der Waals surface area contributed by atoms with E-state index in [1.165, 1.54) is 22.0 Å². The molecule has 0 atom stereocenters. The minimum Gasteiger partial charge on any atom is -0.343 e. The molecule has 120 valence electrons. The van der Waals surface area contributed by atoms with Crippen LogP contribution in [0.4, 0.5) is 0 Å². The zero-order valence-corrected chi connectivity index (χ0v) is 14.3. The van der Waals surface area contributed by atoms with Crippen molar-refractivity contribution in [1.29, 1.82) is 0 Å². The number of hydrogen-bond donors (Lipinski definition) is 1. The Bertz CT molecular complexity index is 769. The summed E-state index contributed by atoms with van der Waals surface area (Å²) in [5.74, 6) is 0. The number of fused-ring (bicyclic) bond motifs is 1. The highest BCUT2D eigenvalue weighted by atomic mass is 15.0. The maximum absolute atomic E-state index is 3.68. The van der Waals surface area contributed by atoms with Gasteiger partial charge in [-0.25, -0.2) is 0 Å². The zero-order valence-electron chi connectivity index (χ0n) is 14.3. The van der Waals surface area contributed by atoms with Gasteiger partial charge in [-0.1, -0.05) is 55.5 Å². The van der Waals surface area contributed by atoms with Crippen molar-refractivity contribution in [3.63, 3.8) is 0 Å². The summed E-state index contributed by atoms with van der Waals surface area (Å²) in [6.45, 7) is 8.57. The molecule has 0 aliphatic carbocycles. The van der Waals surface area contributed by atoms with Crippen LogP contribution in [0.5, 0.6) is 0 Å². The van der Waals surface area contributed by atoms with Crippen LogP contribution < -0.4 is 5.32 Å². The summed E-state index contributed by atoms with van der Waals surface area (Å²) >= 11 is 0. The molecule has 0 fully saturated rings. The van der Waals surface area contributed by atoms with Crippen LogP contribution in [0.1, 0.15) is 38.3 Å². The second-order valence-electron chi connectivity index (χ2n) is 6.88. The Labute approximate surface area is 139 Å². The van der Waals surface area contributed by atoms with Gasteiger partial charge in [-0.15, -0.1) is 0 Å². The molecule has 3 aromatic rings. The molecule has 23 heavy (non-hydrogen) atoms. The van der Waals surface area contributed by atoms with Crippen molar-refractivity contribution in [2.45, 2.75) is 45.8 Å². The third kappa shape index (κ3) is 3.65. The van der Waals surface area contributed by atoms with Gasteiger partial charge in [-0.05, 0) is 37.5 Å². The van der Waals surface area contributed by atoms with E-state index in [9.17, 15) is 0 Å². The van der Waals surface area contributed by atoms with Gasteiger partial charge in [0.15, 0.2) is 0 Å². The molecule has 2 heteroatoms. The molecule has 3 rings (SSSR count). The lowest BCUT2D eigenvalue weighted by atomic mass is 10.0. The first-order valence-corrected chi connectivity index (χ1v) is 8.45. The normalized spacial score (nSPS) is 12.0. The minimum atomic E-state index is 0.169. The van der Waals surface area contributed by atoms with Gasteiger partial charge in [0, 0.05) is 35.7 Å². The van der Waals surface area contributed by atoms with Gasteiger partial charge in [0.1, 0.15) is 0 Å². The van der Waals surface area contributed by atoms with E-state index >= 15 is 0 Å². The lowest BCUT2D eigenvalue weighted by Crippen LogP contribution is -2.37. The smallest absolute Gasteiger partial charge is 0.0486 e. The average Bonchev–Trinajstić information content (AvgIpc) is 2.92. The molecule has 0 aliphatic heterocycles. The Kier molecular flexibility index (Phi) is 4.53. The molecule has 1 heterocycles. The van der Waals surface area contributed by atoms with Crippen molar-refractivity contribution in [3.8, 4) is 0 Å². The summed E-state index contributed by atoms with van der Waals surface area (Å²) in [4.78, 5) is 0. The maximum atomic E-state index is 3.68. The third-order valence-corrected chi connectivity index (χ3v) is 4.71. The second kappa shape index (κ2) is 6.59. The van der Waals surface area contributed by atoms with E-state index in [4.69, 9.17) is 0 Å². The molecule has 0 bridgehead atoms. The van der Waals surface area contributed by atoms with E-state index in [-0.39, 0.29) is 5.54 Å². The first-order chi connectivity index (χ1) is 11.1. The van der Waals surface area contributed by atoms with Crippen molar-refractivity contribution in [1.82, 2.24) is 9.88 Å². The van der Waals surface area contributed by atoms with Gasteiger partial charge < -0.3 is 9.88 Å². The minimum absolute atomic E-state index is 0.169. The molecular weight excluding hydrogens is 280 g/mol. The summed E-state index contributed by atoms with van der Waals surface area (Å²) in [5.41, 5.74) is 4.19. The predicted molar refractivity (Wildman–Crippen MR) is 98.7 cm³/mol. The summed E-state index contributed by atoms with van der Waals surface area (Å²) in [7, 11) is 0. The first-order valence-electron chi connectivity index (χ1n) is 8.45. The monoisotopic (exact) mass is 306 g/mol. The first kappa shape index (κ1) is 15.8. The van der Waals surface area contributed by atoms with Gasteiger partial charge in [0.2, 0.25) is 0 Å². The molecule has 0 spiro atoms. The fourth-order valence-electron chi connectivity index (χ4n) is 2.83. The van der Waals surface area contributed by atoms with E-state index < -0.39 is 0 Å². The highest BCUT2D eigenvalue weighted by Crippen LogP contribution is 2.23. The lowest BCUT2D eigenvalue weighted by molar-refractivity contribution is 0.375. The van der Waals surface area contributed by atoms with Gasteiger partial charge in [-0.3, -0.25) is 0 Å². The molecule has 2 aromatic carbocycles. The SMILES string of the molecule is CCC(C)(C)NCc1cn(Cc2ccccc2)c2ccccc12. The summed E-state index contributed by atoms with van der Waals surface area (Å²) in [6.07, 6.45) is 3.42. The molecule has 0 aliphatic rings. The number of nitrogens with zero attached hydrogens (tertiary/aromatic N) is 1. The van der Waals surface area contributed by atoms with Crippen LogP contribution >= 0.6 is 0 Å². The Morgan fingerprint density at radius 3 is 2.39 bits per heavy atom. The van der Waals surface area contributed by atoms with Crippen LogP contribution in [-0.2, 0) is 13.1 Å². The highest BCUT2D eigenvalue weighted by Gasteiger charge is 2.15. The van der Waals surface area contributed by atoms with E-state index in [0.29, 0.717) is 0 Å². The predicted octanol–water partition coefficient (Wildman–Crippen LogP) is 4.97. The van der Waals surface area contributed by atoms with Crippen LogP contribution in [0.25, 0.3) is 10.9 Å². The van der Waals surface area contributed by atoms with Gasteiger partial charge in [-0.2, -0.15) is 0 Å². The van der Waals surface area contributed by atoms with Crippen molar-refractivity contribution >= 4 is 10.9 Å². The van der Waals surface area contributed by atoms with Crippen LogP contribution in [0.3, 0.4) is 0 Å². The summed E-state index contributed by atoms with van der Waals surface area (Å²) in [5, 5.41) is 5.03. The lowest BCUT2D eigenvalue weighted by Gasteiger charge is -2.24. The van der Waals surface area contributed by atoms with E-state index in [1.807, 2.05) is 0 Å². The average molecular weight is 306 g/mol. The fraction of sp³-hybridized carbons (Fsp3) is 0.333. The number of para-hydroxylation sites is 1. The number of nitrogens with one attached hydrogen (secondary N) is 1. The Morgan fingerprint density at radius 2 is 1.65 bits per heavy atom. The standard InChI is InChI=1S/C21H26N2/c1-4-21(2,3)22-14-18-16-23(15-17-10-6-5-7-11-17)20-13-9-8-12-19(18)20/h5-13,16,22H,4,14-15H2,1-3H3. The highest BCUT2D eigenvalue weighted by molar-refractivity contribution is 5.84. The number of hydrogen-bond acceptors (Lipinski definition) is 1. The van der Waals surface area contributed by atoms with Crippen LogP contribution in [0.15, 0.2) is 60.8 Å². The van der Waals surface area contributed by atoms with Crippen molar-refractivity contribution in [2.24, 2.45) is 0 Å². The van der Waals surface area contributed by atoms with Crippen LogP contribution in [-0.4, -0.2) is 10.1 Å². The molecule has 0 saturated carbocycles. The van der Waals surface area contributed by atoms with Gasteiger partial charge in [0.05, 0.1) is 0 Å². The fourth-order valence-corrected chi connectivity index (χ4v) is 2.83. The second-order valence-corrected chi connectivity index (χ2v) is 6.88. The molecule has 0 amide bonds. The Hall–Kier alpha value is -2.06. The third-order valence-electron chi connectivity index (χ3n) is 4.71. The molecule has 0 saturated heterocycles. The van der Waals surface area contributed by atoms with Crippen LogP contribution in [0, 0.1) is 0 Å². The summed E-state index contributed by atoms with van der Waals surface area (Å²) in [6, 6.07) is 19.3. The van der Waals surface area contributed by atoms with Gasteiger partial charge >= 0.3 is 0 Å². The van der Waals surface area contributed by atoms with Gasteiger partial charge in [0.25, 0.3) is 0 Å². The Morgan fingerprint density at radius 1 is 0.957 bits per heavy atom. The van der Waals surface area contributed by atoms with E-state index in [0.717, 1.165) is 19.5 Å². The van der Waals surface area contributed by atoms with Crippen LogP contribution in [0.2, 0.25) is 0 Å². The number of rotatable bonds is 6. The quantitative estimate of drug-likeness (QED) is 0.680. The molecule has 1 aromatic heterocycles.